The highest BCUT2D eigenvalue weighted by atomic mass is 32.2. The lowest BCUT2D eigenvalue weighted by molar-refractivity contribution is -0.384. The molecule has 2 aromatic carbocycles. The molecule has 0 fully saturated rings. The number of hydrazone groups is 1. The van der Waals surface area contributed by atoms with Crippen LogP contribution in [0.3, 0.4) is 0 Å². The summed E-state index contributed by atoms with van der Waals surface area (Å²) in [6, 6.07) is 5.61. The molecule has 3 N–H and O–H groups in total. The molecule has 0 radical (unpaired) electrons. The molecule has 15 heteroatoms. The van der Waals surface area contributed by atoms with Gasteiger partial charge in [0.15, 0.2) is 0 Å². The molecule has 162 valence electrons. The maximum atomic E-state index is 12.6. The van der Waals surface area contributed by atoms with Gasteiger partial charge in [-0.05, 0) is 24.3 Å². The second kappa shape index (κ2) is 9.36. The molecule has 0 bridgehead atoms. The van der Waals surface area contributed by atoms with Gasteiger partial charge in [-0.3, -0.25) is 15.5 Å². The molecule has 0 aliphatic carbocycles. The van der Waals surface area contributed by atoms with Crippen molar-refractivity contribution < 1.29 is 40.4 Å². The number of halogens is 4. The molecule has 0 spiro atoms. The zero-order valence-electron chi connectivity index (χ0n) is 14.5. The number of nitrogens with one attached hydrogen (secondary N) is 1. The highest BCUT2D eigenvalue weighted by Gasteiger charge is 2.19. The van der Waals surface area contributed by atoms with Crippen molar-refractivity contribution in [2.75, 3.05) is 5.43 Å². The smallest absolute Gasteiger partial charge is 0.387 e. The van der Waals surface area contributed by atoms with Gasteiger partial charge in [-0.2, -0.15) is 22.7 Å². The first-order chi connectivity index (χ1) is 14.0. The average Bonchev–Trinajstić information content (AvgIpc) is 2.61. The number of rotatable bonds is 9. The minimum absolute atomic E-state index is 0.103. The number of alkyl halides is 4. The molecule has 0 heterocycles. The number of hydrogen-bond donors (Lipinski definition) is 2. The summed E-state index contributed by atoms with van der Waals surface area (Å²) in [5.41, 5.74) is 1.23. The first-order valence-corrected chi connectivity index (χ1v) is 9.16. The topological polar surface area (TPSA) is 146 Å². The van der Waals surface area contributed by atoms with Crippen LogP contribution >= 0.6 is 0 Å². The van der Waals surface area contributed by atoms with E-state index in [1.54, 1.807) is 0 Å². The standard InChI is InChI=1S/C15H12F4N4O6S/c16-14(17)28-9-2-1-8(13(5-9)29-15(18)19)7-21-22-11-4-3-10(30(20,26)27)6-12(11)23(24)25/h1-7,14-15,22H,(H2,20,26,27). The Morgan fingerprint density at radius 1 is 1.10 bits per heavy atom. The third-order valence-corrected chi connectivity index (χ3v) is 4.22. The van der Waals surface area contributed by atoms with E-state index in [4.69, 9.17) is 5.14 Å². The number of nitrogens with two attached hydrogens (primary N) is 1. The monoisotopic (exact) mass is 452 g/mol. The Kier molecular flexibility index (Phi) is 7.12. The van der Waals surface area contributed by atoms with Crippen molar-refractivity contribution in [3.63, 3.8) is 0 Å². The van der Waals surface area contributed by atoms with Crippen molar-refractivity contribution >= 4 is 27.6 Å². The molecule has 0 amide bonds. The van der Waals surface area contributed by atoms with Crippen molar-refractivity contribution in [1.82, 2.24) is 0 Å². The Morgan fingerprint density at radius 2 is 1.77 bits per heavy atom. The maximum absolute atomic E-state index is 12.6. The van der Waals surface area contributed by atoms with Crippen LogP contribution in [0.2, 0.25) is 0 Å². The summed E-state index contributed by atoms with van der Waals surface area (Å²) in [5, 5.41) is 19.7. The summed E-state index contributed by atoms with van der Waals surface area (Å²) in [4.78, 5) is 9.73. The SMILES string of the molecule is NS(=O)(=O)c1ccc(NN=Cc2ccc(OC(F)F)cc2OC(F)F)c([N+](=O)[O-])c1. The zero-order valence-corrected chi connectivity index (χ0v) is 15.4. The van der Waals surface area contributed by atoms with Crippen LogP contribution in [0, 0.1) is 10.1 Å². The normalized spacial score (nSPS) is 11.8. The van der Waals surface area contributed by atoms with Gasteiger partial charge in [-0.1, -0.05) is 0 Å². The zero-order chi connectivity index (χ0) is 22.5. The van der Waals surface area contributed by atoms with E-state index in [1.165, 1.54) is 0 Å². The largest absolute Gasteiger partial charge is 0.435 e. The van der Waals surface area contributed by atoms with Crippen molar-refractivity contribution in [1.29, 1.82) is 0 Å². The van der Waals surface area contributed by atoms with Crippen molar-refractivity contribution in [2.24, 2.45) is 10.2 Å². The number of ether oxygens (including phenoxy) is 2. The fourth-order valence-electron chi connectivity index (χ4n) is 2.10. The van der Waals surface area contributed by atoms with Gasteiger partial charge in [0.1, 0.15) is 17.2 Å². The summed E-state index contributed by atoms with van der Waals surface area (Å²) in [6.07, 6.45) is 0.918. The number of nitro benzene ring substituents is 1. The van der Waals surface area contributed by atoms with E-state index in [1.807, 2.05) is 0 Å². The molecular formula is C15H12F4N4O6S. The van der Waals surface area contributed by atoms with Crippen LogP contribution in [-0.4, -0.2) is 32.8 Å². The summed E-state index contributed by atoms with van der Waals surface area (Å²) >= 11 is 0. The highest BCUT2D eigenvalue weighted by molar-refractivity contribution is 7.89. The summed E-state index contributed by atoms with van der Waals surface area (Å²) in [7, 11) is -4.19. The number of hydrogen-bond acceptors (Lipinski definition) is 8. The van der Waals surface area contributed by atoms with Crippen LogP contribution in [0.5, 0.6) is 11.5 Å². The van der Waals surface area contributed by atoms with Crippen molar-refractivity contribution in [3.8, 4) is 11.5 Å². The van der Waals surface area contributed by atoms with E-state index in [0.717, 1.165) is 36.5 Å². The maximum Gasteiger partial charge on any atom is 0.387 e. The molecule has 10 nitrogen and oxygen atoms in total. The quantitative estimate of drug-likeness (QED) is 0.257. The van der Waals surface area contributed by atoms with Crippen LogP contribution in [0.1, 0.15) is 5.56 Å². The molecule has 0 aliphatic rings. The Hall–Kier alpha value is -3.46. The van der Waals surface area contributed by atoms with Crippen molar-refractivity contribution in [2.45, 2.75) is 18.1 Å². The molecular weight excluding hydrogens is 440 g/mol. The number of nitro groups is 1. The van der Waals surface area contributed by atoms with Crippen LogP contribution < -0.4 is 20.0 Å². The molecule has 2 rings (SSSR count). The van der Waals surface area contributed by atoms with Gasteiger partial charge in [0.25, 0.3) is 5.69 Å². The lowest BCUT2D eigenvalue weighted by Gasteiger charge is -2.11. The van der Waals surface area contributed by atoms with Gasteiger partial charge < -0.3 is 9.47 Å². The Bertz CT molecular complexity index is 1070. The van der Waals surface area contributed by atoms with Crippen LogP contribution in [-0.2, 0) is 10.0 Å². The van der Waals surface area contributed by atoms with Gasteiger partial charge in [0.2, 0.25) is 10.0 Å². The molecule has 0 aromatic heterocycles. The third-order valence-electron chi connectivity index (χ3n) is 3.31. The minimum Gasteiger partial charge on any atom is -0.435 e. The molecule has 0 aliphatic heterocycles. The fourth-order valence-corrected chi connectivity index (χ4v) is 2.63. The number of sulfonamides is 1. The second-order valence-electron chi connectivity index (χ2n) is 5.31. The van der Waals surface area contributed by atoms with E-state index < -0.39 is 50.3 Å². The molecule has 0 saturated heterocycles. The number of benzene rings is 2. The van der Waals surface area contributed by atoms with Gasteiger partial charge in [-0.15, -0.1) is 0 Å². The molecule has 30 heavy (non-hydrogen) atoms. The van der Waals surface area contributed by atoms with Crippen LogP contribution in [0.15, 0.2) is 46.4 Å². The lowest BCUT2D eigenvalue weighted by atomic mass is 10.2. The number of anilines is 1. The van der Waals surface area contributed by atoms with Gasteiger partial charge in [0.05, 0.1) is 16.0 Å². The molecule has 2 aromatic rings. The number of nitrogens with zero attached hydrogens (tertiary/aromatic N) is 2. The first-order valence-electron chi connectivity index (χ1n) is 7.61. The van der Waals surface area contributed by atoms with E-state index >= 15 is 0 Å². The van der Waals surface area contributed by atoms with Gasteiger partial charge >= 0.3 is 13.2 Å². The summed E-state index contributed by atoms with van der Waals surface area (Å²) in [5.74, 6) is -0.993. The number of primary sulfonamides is 1. The minimum atomic E-state index is -4.19. The van der Waals surface area contributed by atoms with E-state index in [2.05, 4.69) is 20.0 Å². The van der Waals surface area contributed by atoms with E-state index in [-0.39, 0.29) is 11.3 Å². The summed E-state index contributed by atoms with van der Waals surface area (Å²) in [6.45, 7) is -6.47. The second-order valence-corrected chi connectivity index (χ2v) is 6.87. The Balaban J connectivity index is 2.31. The third kappa shape index (κ3) is 6.28. The van der Waals surface area contributed by atoms with E-state index in [0.29, 0.717) is 6.07 Å². The molecule has 0 unspecified atom stereocenters. The Labute approximate surface area is 166 Å². The van der Waals surface area contributed by atoms with Gasteiger partial charge in [-0.25, -0.2) is 13.6 Å². The first kappa shape index (κ1) is 22.8. The van der Waals surface area contributed by atoms with Crippen LogP contribution in [0.25, 0.3) is 0 Å². The van der Waals surface area contributed by atoms with Gasteiger partial charge in [0, 0.05) is 17.7 Å². The predicted molar refractivity (Wildman–Crippen MR) is 95.4 cm³/mol. The Morgan fingerprint density at radius 3 is 2.33 bits per heavy atom. The van der Waals surface area contributed by atoms with Crippen molar-refractivity contribution in [3.05, 3.63) is 52.1 Å². The molecule has 0 saturated carbocycles. The van der Waals surface area contributed by atoms with E-state index in [9.17, 15) is 36.1 Å². The van der Waals surface area contributed by atoms with Crippen LogP contribution in [0.4, 0.5) is 28.9 Å². The highest BCUT2D eigenvalue weighted by Crippen LogP contribution is 2.28. The summed E-state index contributed by atoms with van der Waals surface area (Å²) < 4.78 is 80.6. The predicted octanol–water partition coefficient (Wildman–Crippen LogP) is 2.89. The lowest BCUT2D eigenvalue weighted by Crippen LogP contribution is -2.12. The fraction of sp³-hybridized carbons (Fsp3) is 0.133. The average molecular weight is 452 g/mol. The molecule has 0 atom stereocenters.